The van der Waals surface area contributed by atoms with Gasteiger partial charge in [-0.25, -0.2) is 4.79 Å². The van der Waals surface area contributed by atoms with Gasteiger partial charge in [-0.3, -0.25) is 0 Å². The Balaban J connectivity index is 1.82. The van der Waals surface area contributed by atoms with Crippen molar-refractivity contribution in [1.82, 2.24) is 0 Å². The average Bonchev–Trinajstić information content (AvgIpc) is 2.92. The van der Waals surface area contributed by atoms with E-state index < -0.39 is 0 Å². The Morgan fingerprint density at radius 3 is 1.62 bits per heavy atom. The van der Waals surface area contributed by atoms with E-state index >= 15 is 0 Å². The standard InChI is InChI=1S/C37H42N2O3/c1-35(2,3)24-17-26(21-10-12-22(13-11-21)34(40)41-9)32-28(19-24)37(7,8)29-20-25(36(4,5)6)18-27(33(29)42-32)23-14-15-30(38)31(39)16-23/h10-20H,38-39H2,1-9H3. The third-order valence-electron chi connectivity index (χ3n) is 8.48. The molecule has 1 heterocycles. The highest BCUT2D eigenvalue weighted by molar-refractivity contribution is 5.90. The highest BCUT2D eigenvalue weighted by atomic mass is 16.5. The van der Waals surface area contributed by atoms with Crippen LogP contribution in [0.15, 0.2) is 66.7 Å². The van der Waals surface area contributed by atoms with Gasteiger partial charge in [0.2, 0.25) is 0 Å². The molecule has 42 heavy (non-hydrogen) atoms. The van der Waals surface area contributed by atoms with Crippen molar-refractivity contribution in [3.05, 3.63) is 94.5 Å². The summed E-state index contributed by atoms with van der Waals surface area (Å²) < 4.78 is 12.0. The predicted octanol–water partition coefficient (Wildman–Crippen LogP) is 9.00. The molecule has 1 aliphatic heterocycles. The SMILES string of the molecule is COC(=O)c1ccc(-c2cc(C(C)(C)C)cc3c2Oc2c(-c4ccc(N)c(N)c4)cc(C(C)(C)C)cc2C3(C)C)cc1. The second-order valence-electron chi connectivity index (χ2n) is 13.9. The lowest BCUT2D eigenvalue weighted by Gasteiger charge is -2.39. The first-order valence-electron chi connectivity index (χ1n) is 14.4. The van der Waals surface area contributed by atoms with E-state index in [4.69, 9.17) is 20.9 Å². The van der Waals surface area contributed by atoms with Crippen LogP contribution in [0.25, 0.3) is 22.3 Å². The van der Waals surface area contributed by atoms with E-state index in [2.05, 4.69) is 79.7 Å². The number of ether oxygens (including phenoxy) is 2. The van der Waals surface area contributed by atoms with Crippen LogP contribution < -0.4 is 16.2 Å². The van der Waals surface area contributed by atoms with Gasteiger partial charge in [0.15, 0.2) is 0 Å². The normalized spacial score (nSPS) is 14.0. The summed E-state index contributed by atoms with van der Waals surface area (Å²) in [4.78, 5) is 12.2. The number of carbonyl (C=O) groups is 1. The summed E-state index contributed by atoms with van der Waals surface area (Å²) >= 11 is 0. The Bertz CT molecular complexity index is 1700. The van der Waals surface area contributed by atoms with Gasteiger partial charge in [0.05, 0.1) is 24.0 Å². The molecule has 218 valence electrons. The van der Waals surface area contributed by atoms with Gasteiger partial charge in [0.1, 0.15) is 11.5 Å². The molecule has 0 aromatic heterocycles. The summed E-state index contributed by atoms with van der Waals surface area (Å²) in [6.07, 6.45) is 0. The Hall–Kier alpha value is -4.25. The summed E-state index contributed by atoms with van der Waals surface area (Å²) in [5.74, 6) is 1.28. The van der Waals surface area contributed by atoms with Crippen molar-refractivity contribution in [2.75, 3.05) is 18.6 Å². The second kappa shape index (κ2) is 9.94. The van der Waals surface area contributed by atoms with Crippen LogP contribution in [-0.2, 0) is 21.0 Å². The molecule has 0 amide bonds. The maximum atomic E-state index is 12.2. The number of anilines is 2. The highest BCUT2D eigenvalue weighted by Crippen LogP contribution is 2.56. The molecule has 5 nitrogen and oxygen atoms in total. The van der Waals surface area contributed by atoms with Crippen molar-refractivity contribution in [1.29, 1.82) is 0 Å². The number of rotatable bonds is 3. The van der Waals surface area contributed by atoms with Gasteiger partial charge in [0.25, 0.3) is 0 Å². The third-order valence-corrected chi connectivity index (χ3v) is 8.48. The molecule has 4 N–H and O–H groups in total. The first-order chi connectivity index (χ1) is 19.5. The fourth-order valence-corrected chi connectivity index (χ4v) is 5.59. The molecule has 0 atom stereocenters. The van der Waals surface area contributed by atoms with Crippen LogP contribution in [0, 0.1) is 0 Å². The van der Waals surface area contributed by atoms with E-state index in [1.54, 1.807) is 12.1 Å². The van der Waals surface area contributed by atoms with Gasteiger partial charge in [0, 0.05) is 27.7 Å². The first kappa shape index (κ1) is 29.2. The number of carbonyl (C=O) groups excluding carboxylic acids is 1. The highest BCUT2D eigenvalue weighted by Gasteiger charge is 2.39. The number of esters is 1. The van der Waals surface area contributed by atoms with E-state index in [-0.39, 0.29) is 22.2 Å². The Kier molecular flexibility index (Phi) is 6.92. The molecule has 1 aliphatic rings. The number of nitrogen functional groups attached to an aromatic ring is 2. The molecule has 0 fully saturated rings. The third kappa shape index (κ3) is 5.02. The minimum Gasteiger partial charge on any atom is -0.465 e. The number of hydrogen-bond acceptors (Lipinski definition) is 5. The molecule has 0 bridgehead atoms. The number of nitrogens with two attached hydrogens (primary N) is 2. The average molecular weight is 563 g/mol. The summed E-state index contributed by atoms with van der Waals surface area (Å²) in [5, 5.41) is 0. The van der Waals surface area contributed by atoms with Gasteiger partial charge < -0.3 is 20.9 Å². The lowest BCUT2D eigenvalue weighted by molar-refractivity contribution is 0.0600. The fourth-order valence-electron chi connectivity index (χ4n) is 5.59. The first-order valence-corrected chi connectivity index (χ1v) is 14.4. The summed E-state index contributed by atoms with van der Waals surface area (Å²) in [6.45, 7) is 17.9. The minimum absolute atomic E-state index is 0.0840. The van der Waals surface area contributed by atoms with E-state index in [0.29, 0.717) is 16.9 Å². The second-order valence-corrected chi connectivity index (χ2v) is 13.9. The molecule has 5 rings (SSSR count). The largest absolute Gasteiger partial charge is 0.465 e. The van der Waals surface area contributed by atoms with Crippen molar-refractivity contribution >= 4 is 17.3 Å². The maximum absolute atomic E-state index is 12.2. The lowest BCUT2D eigenvalue weighted by Crippen LogP contribution is -2.27. The van der Waals surface area contributed by atoms with E-state index in [1.807, 2.05) is 30.3 Å². The van der Waals surface area contributed by atoms with Gasteiger partial charge in [-0.2, -0.15) is 0 Å². The minimum atomic E-state index is -0.375. The van der Waals surface area contributed by atoms with Gasteiger partial charge in [-0.05, 0) is 69.5 Å². The van der Waals surface area contributed by atoms with E-state index in [1.165, 1.54) is 18.2 Å². The van der Waals surface area contributed by atoms with Crippen molar-refractivity contribution < 1.29 is 14.3 Å². The quantitative estimate of drug-likeness (QED) is 0.192. The Labute approximate surface area is 249 Å². The summed E-state index contributed by atoms with van der Waals surface area (Å²) in [6, 6.07) is 22.4. The van der Waals surface area contributed by atoms with Crippen LogP contribution in [0.5, 0.6) is 11.5 Å². The predicted molar refractivity (Wildman–Crippen MR) is 174 cm³/mol. The van der Waals surface area contributed by atoms with Gasteiger partial charge in [-0.15, -0.1) is 0 Å². The molecule has 0 spiro atoms. The molecule has 5 heteroatoms. The van der Waals surface area contributed by atoms with E-state index in [9.17, 15) is 4.79 Å². The van der Waals surface area contributed by atoms with Crippen molar-refractivity contribution in [3.63, 3.8) is 0 Å². The number of methoxy groups -OCH3 is 1. The smallest absolute Gasteiger partial charge is 0.337 e. The molecule has 0 saturated heterocycles. The summed E-state index contributed by atoms with van der Waals surface area (Å²) in [5.41, 5.74) is 22.0. The molecular formula is C37H42N2O3. The zero-order valence-electron chi connectivity index (χ0n) is 26.2. The van der Waals surface area contributed by atoms with Crippen LogP contribution in [0.3, 0.4) is 0 Å². The molecule has 0 aliphatic carbocycles. The Morgan fingerprint density at radius 1 is 0.690 bits per heavy atom. The molecule has 4 aromatic rings. The fraction of sp³-hybridized carbons (Fsp3) is 0.324. The van der Waals surface area contributed by atoms with Crippen LogP contribution in [0.1, 0.15) is 88.0 Å². The zero-order valence-corrected chi connectivity index (χ0v) is 26.2. The van der Waals surface area contributed by atoms with Crippen molar-refractivity contribution in [2.24, 2.45) is 0 Å². The topological polar surface area (TPSA) is 87.6 Å². The maximum Gasteiger partial charge on any atom is 0.337 e. The number of benzene rings is 4. The molecule has 0 saturated carbocycles. The molecule has 0 unspecified atom stereocenters. The van der Waals surface area contributed by atoms with Crippen LogP contribution in [0.4, 0.5) is 11.4 Å². The van der Waals surface area contributed by atoms with Gasteiger partial charge >= 0.3 is 5.97 Å². The Morgan fingerprint density at radius 2 is 1.17 bits per heavy atom. The number of hydrogen-bond donors (Lipinski definition) is 2. The zero-order chi connectivity index (χ0) is 30.8. The number of fused-ring (bicyclic) bond motifs is 2. The van der Waals surface area contributed by atoms with Crippen molar-refractivity contribution in [2.45, 2.75) is 71.6 Å². The van der Waals surface area contributed by atoms with Gasteiger partial charge in [-0.1, -0.05) is 85.7 Å². The molecular weight excluding hydrogens is 520 g/mol. The summed E-state index contributed by atoms with van der Waals surface area (Å²) in [7, 11) is 1.39. The molecule has 0 radical (unpaired) electrons. The molecule has 4 aromatic carbocycles. The van der Waals surface area contributed by atoms with Crippen LogP contribution in [0.2, 0.25) is 0 Å². The van der Waals surface area contributed by atoms with Crippen molar-refractivity contribution in [3.8, 4) is 33.8 Å². The monoisotopic (exact) mass is 562 g/mol. The van der Waals surface area contributed by atoms with E-state index in [0.717, 1.165) is 44.9 Å². The lowest BCUT2D eigenvalue weighted by atomic mass is 9.70. The van der Waals surface area contributed by atoms with Crippen LogP contribution >= 0.6 is 0 Å². The van der Waals surface area contributed by atoms with Crippen LogP contribution in [-0.4, -0.2) is 13.1 Å².